The molecule has 0 aliphatic heterocycles. The van der Waals surface area contributed by atoms with E-state index in [4.69, 9.17) is 4.74 Å². The standard InChI is InChI=1S/C16H16O3/c1-11(2)19-13-9-7-12(8-10-13)14-5-3-4-6-15(14)16(17)18/h3-11H,1-2H3,(H,17,18). The zero-order valence-electron chi connectivity index (χ0n) is 11.0. The van der Waals surface area contributed by atoms with E-state index >= 15 is 0 Å². The van der Waals surface area contributed by atoms with Crippen molar-refractivity contribution >= 4 is 5.97 Å². The van der Waals surface area contributed by atoms with E-state index in [0.717, 1.165) is 11.3 Å². The van der Waals surface area contributed by atoms with E-state index in [2.05, 4.69) is 0 Å². The zero-order chi connectivity index (χ0) is 13.8. The molecule has 0 aromatic heterocycles. The Morgan fingerprint density at radius 3 is 2.26 bits per heavy atom. The van der Waals surface area contributed by atoms with Gasteiger partial charge in [0.25, 0.3) is 0 Å². The largest absolute Gasteiger partial charge is 0.491 e. The maximum Gasteiger partial charge on any atom is 0.336 e. The molecule has 0 spiro atoms. The highest BCUT2D eigenvalue weighted by Crippen LogP contribution is 2.26. The van der Waals surface area contributed by atoms with Gasteiger partial charge in [-0.2, -0.15) is 0 Å². The molecule has 0 aliphatic carbocycles. The summed E-state index contributed by atoms with van der Waals surface area (Å²) in [5, 5.41) is 9.18. The Bertz CT molecular complexity index is 571. The minimum atomic E-state index is -0.918. The van der Waals surface area contributed by atoms with Gasteiger partial charge in [0.1, 0.15) is 5.75 Å². The highest BCUT2D eigenvalue weighted by molar-refractivity contribution is 5.96. The van der Waals surface area contributed by atoms with Crippen LogP contribution in [0.3, 0.4) is 0 Å². The molecule has 0 atom stereocenters. The summed E-state index contributed by atoms with van der Waals surface area (Å²) in [4.78, 5) is 11.2. The molecule has 0 saturated heterocycles. The van der Waals surface area contributed by atoms with Crippen molar-refractivity contribution in [3.63, 3.8) is 0 Å². The van der Waals surface area contributed by atoms with E-state index in [1.807, 2.05) is 50.2 Å². The molecule has 0 heterocycles. The van der Waals surface area contributed by atoms with E-state index in [0.29, 0.717) is 11.1 Å². The van der Waals surface area contributed by atoms with Crippen LogP contribution in [0.5, 0.6) is 5.75 Å². The fraction of sp³-hybridized carbons (Fsp3) is 0.188. The number of carbonyl (C=O) groups is 1. The molecule has 0 fully saturated rings. The fourth-order valence-electron chi connectivity index (χ4n) is 1.91. The second-order valence-electron chi connectivity index (χ2n) is 4.54. The highest BCUT2D eigenvalue weighted by Gasteiger charge is 2.10. The number of carboxylic acids is 1. The number of benzene rings is 2. The van der Waals surface area contributed by atoms with Crippen LogP contribution in [0.1, 0.15) is 24.2 Å². The van der Waals surface area contributed by atoms with Crippen molar-refractivity contribution in [1.29, 1.82) is 0 Å². The Kier molecular flexibility index (Phi) is 3.85. The third kappa shape index (κ3) is 3.13. The Morgan fingerprint density at radius 2 is 1.68 bits per heavy atom. The molecule has 2 rings (SSSR count). The lowest BCUT2D eigenvalue weighted by Gasteiger charge is -2.11. The highest BCUT2D eigenvalue weighted by atomic mass is 16.5. The van der Waals surface area contributed by atoms with Crippen molar-refractivity contribution in [2.75, 3.05) is 0 Å². The Morgan fingerprint density at radius 1 is 1.05 bits per heavy atom. The maximum atomic E-state index is 11.2. The van der Waals surface area contributed by atoms with E-state index < -0.39 is 5.97 Å². The summed E-state index contributed by atoms with van der Waals surface area (Å²) in [5.74, 6) is -0.135. The predicted octanol–water partition coefficient (Wildman–Crippen LogP) is 3.84. The first-order chi connectivity index (χ1) is 9.08. The quantitative estimate of drug-likeness (QED) is 0.904. The molecule has 2 aromatic carbocycles. The smallest absolute Gasteiger partial charge is 0.336 e. The Hall–Kier alpha value is -2.29. The maximum absolute atomic E-state index is 11.2. The summed E-state index contributed by atoms with van der Waals surface area (Å²) in [7, 11) is 0. The van der Waals surface area contributed by atoms with Crippen LogP contribution < -0.4 is 4.74 Å². The molecule has 3 nitrogen and oxygen atoms in total. The molecule has 0 amide bonds. The van der Waals surface area contributed by atoms with Gasteiger partial charge < -0.3 is 9.84 Å². The van der Waals surface area contributed by atoms with Crippen LogP contribution in [0.25, 0.3) is 11.1 Å². The molecule has 0 unspecified atom stereocenters. The van der Waals surface area contributed by atoms with Crippen LogP contribution in [0, 0.1) is 0 Å². The van der Waals surface area contributed by atoms with Crippen molar-refractivity contribution < 1.29 is 14.6 Å². The molecule has 0 saturated carbocycles. The first-order valence-corrected chi connectivity index (χ1v) is 6.17. The summed E-state index contributed by atoms with van der Waals surface area (Å²) in [6, 6.07) is 14.4. The van der Waals surface area contributed by atoms with Gasteiger partial charge in [-0.05, 0) is 43.2 Å². The number of hydrogen-bond acceptors (Lipinski definition) is 2. The lowest BCUT2D eigenvalue weighted by Crippen LogP contribution is -2.05. The van der Waals surface area contributed by atoms with Gasteiger partial charge in [0, 0.05) is 0 Å². The molecule has 0 aliphatic rings. The number of ether oxygens (including phenoxy) is 1. The number of aromatic carboxylic acids is 1. The molecule has 2 aromatic rings. The van der Waals surface area contributed by atoms with E-state index in [1.54, 1.807) is 12.1 Å². The van der Waals surface area contributed by atoms with Gasteiger partial charge in [-0.1, -0.05) is 30.3 Å². The first kappa shape index (κ1) is 13.1. The van der Waals surface area contributed by atoms with Gasteiger partial charge >= 0.3 is 5.97 Å². The van der Waals surface area contributed by atoms with Gasteiger partial charge in [-0.3, -0.25) is 0 Å². The summed E-state index contributed by atoms with van der Waals surface area (Å²) in [6.45, 7) is 3.93. The van der Waals surface area contributed by atoms with E-state index in [9.17, 15) is 9.90 Å². The van der Waals surface area contributed by atoms with Gasteiger partial charge in [0.05, 0.1) is 11.7 Å². The second-order valence-corrected chi connectivity index (χ2v) is 4.54. The summed E-state index contributed by atoms with van der Waals surface area (Å²) >= 11 is 0. The van der Waals surface area contributed by atoms with E-state index in [-0.39, 0.29) is 6.10 Å². The molecular formula is C16H16O3. The molecular weight excluding hydrogens is 240 g/mol. The minimum Gasteiger partial charge on any atom is -0.491 e. The third-order valence-electron chi connectivity index (χ3n) is 2.69. The first-order valence-electron chi connectivity index (χ1n) is 6.17. The lowest BCUT2D eigenvalue weighted by atomic mass is 10.00. The van der Waals surface area contributed by atoms with Gasteiger partial charge in [0.15, 0.2) is 0 Å². The van der Waals surface area contributed by atoms with Crippen molar-refractivity contribution in [3.05, 3.63) is 54.1 Å². The minimum absolute atomic E-state index is 0.122. The SMILES string of the molecule is CC(C)Oc1ccc(-c2ccccc2C(=O)O)cc1. The van der Waals surface area contributed by atoms with Crippen molar-refractivity contribution in [2.24, 2.45) is 0 Å². The van der Waals surface area contributed by atoms with Gasteiger partial charge in [-0.15, -0.1) is 0 Å². The molecule has 3 heteroatoms. The van der Waals surface area contributed by atoms with Crippen LogP contribution in [0.15, 0.2) is 48.5 Å². The molecule has 19 heavy (non-hydrogen) atoms. The summed E-state index contributed by atoms with van der Waals surface area (Å²) in [5.41, 5.74) is 1.89. The van der Waals surface area contributed by atoms with Crippen LogP contribution in [-0.2, 0) is 0 Å². The number of rotatable bonds is 4. The Labute approximate surface area is 112 Å². The average Bonchev–Trinajstić information content (AvgIpc) is 2.39. The lowest BCUT2D eigenvalue weighted by molar-refractivity contribution is 0.0697. The zero-order valence-corrected chi connectivity index (χ0v) is 11.0. The fourth-order valence-corrected chi connectivity index (χ4v) is 1.91. The summed E-state index contributed by atoms with van der Waals surface area (Å²) < 4.78 is 5.57. The topological polar surface area (TPSA) is 46.5 Å². The second kappa shape index (κ2) is 5.57. The predicted molar refractivity (Wildman–Crippen MR) is 74.6 cm³/mol. The van der Waals surface area contributed by atoms with E-state index in [1.165, 1.54) is 0 Å². The summed E-state index contributed by atoms with van der Waals surface area (Å²) in [6.07, 6.45) is 0.122. The Balaban J connectivity index is 2.35. The van der Waals surface area contributed by atoms with Crippen LogP contribution in [-0.4, -0.2) is 17.2 Å². The molecule has 98 valence electrons. The van der Waals surface area contributed by atoms with Crippen LogP contribution in [0.4, 0.5) is 0 Å². The molecule has 0 radical (unpaired) electrons. The monoisotopic (exact) mass is 256 g/mol. The average molecular weight is 256 g/mol. The third-order valence-corrected chi connectivity index (χ3v) is 2.69. The molecule has 0 bridgehead atoms. The number of hydrogen-bond donors (Lipinski definition) is 1. The number of carboxylic acid groups (broad SMARTS) is 1. The molecule has 1 N–H and O–H groups in total. The van der Waals surface area contributed by atoms with Crippen LogP contribution >= 0.6 is 0 Å². The van der Waals surface area contributed by atoms with Gasteiger partial charge in [-0.25, -0.2) is 4.79 Å². The van der Waals surface area contributed by atoms with Crippen molar-refractivity contribution in [1.82, 2.24) is 0 Å². The normalized spacial score (nSPS) is 10.5. The van der Waals surface area contributed by atoms with Crippen LogP contribution in [0.2, 0.25) is 0 Å². The van der Waals surface area contributed by atoms with Gasteiger partial charge in [0.2, 0.25) is 0 Å². The van der Waals surface area contributed by atoms with Crippen molar-refractivity contribution in [3.8, 4) is 16.9 Å². The van der Waals surface area contributed by atoms with Crippen molar-refractivity contribution in [2.45, 2.75) is 20.0 Å².